The van der Waals surface area contributed by atoms with E-state index in [1.54, 1.807) is 9.80 Å². The zero-order chi connectivity index (χ0) is 39.4. The van der Waals surface area contributed by atoms with E-state index in [-0.39, 0.29) is 35.7 Å². The van der Waals surface area contributed by atoms with Gasteiger partial charge in [-0.1, -0.05) is 33.8 Å². The fourth-order valence-electron chi connectivity index (χ4n) is 8.05. The van der Waals surface area contributed by atoms with Crippen LogP contribution in [-0.2, 0) is 14.3 Å². The molecule has 0 radical (unpaired) electrons. The van der Waals surface area contributed by atoms with Crippen LogP contribution in [0.1, 0.15) is 77.1 Å². The maximum Gasteiger partial charge on any atom is 0.407 e. The van der Waals surface area contributed by atoms with Crippen LogP contribution in [0.3, 0.4) is 0 Å². The van der Waals surface area contributed by atoms with Gasteiger partial charge in [0.05, 0.1) is 46.1 Å². The molecule has 4 aromatic heterocycles. The van der Waals surface area contributed by atoms with Crippen molar-refractivity contribution in [1.29, 1.82) is 0 Å². The minimum Gasteiger partial charge on any atom is -0.465 e. The number of hydrogen-bond donors (Lipinski definition) is 5. The van der Waals surface area contributed by atoms with Crippen molar-refractivity contribution in [3.8, 4) is 10.7 Å². The molecule has 16 nitrogen and oxygen atoms in total. The summed E-state index contributed by atoms with van der Waals surface area (Å²) in [7, 11) is 1.28. The Hall–Kier alpha value is -5.84. The van der Waals surface area contributed by atoms with E-state index in [0.717, 1.165) is 73.0 Å². The van der Waals surface area contributed by atoms with E-state index in [0.29, 0.717) is 31.2 Å². The summed E-state index contributed by atoms with van der Waals surface area (Å²) in [6, 6.07) is 7.74. The number of carbonyl (C=O) groups excluding carboxylic acids is 3. The van der Waals surface area contributed by atoms with Gasteiger partial charge in [-0.3, -0.25) is 9.59 Å². The van der Waals surface area contributed by atoms with Crippen molar-refractivity contribution in [2.24, 2.45) is 11.8 Å². The molecule has 0 aliphatic carbocycles. The molecule has 56 heavy (non-hydrogen) atoms. The fourth-order valence-corrected chi connectivity index (χ4v) is 9.08. The lowest BCUT2D eigenvalue weighted by molar-refractivity contribution is -0.136. The number of alkyl carbamates (subject to hydrolysis) is 1. The highest BCUT2D eigenvalue weighted by Crippen LogP contribution is 2.39. The third-order valence-corrected chi connectivity index (χ3v) is 12.0. The summed E-state index contributed by atoms with van der Waals surface area (Å²) in [5.41, 5.74) is 4.71. The monoisotopic (exact) mass is 780 g/mol. The summed E-state index contributed by atoms with van der Waals surface area (Å²) in [5, 5.41) is 17.1. The summed E-state index contributed by atoms with van der Waals surface area (Å²) in [5.74, 6) is 0.487. The average Bonchev–Trinajstić information content (AvgIpc) is 4.02. The largest absolute Gasteiger partial charge is 0.465 e. The Morgan fingerprint density at radius 3 is 2.23 bits per heavy atom. The number of aromatic nitrogens is 6. The second-order valence-corrected chi connectivity index (χ2v) is 16.2. The Kier molecular flexibility index (Phi) is 9.72. The Labute approximate surface area is 325 Å². The minimum absolute atomic E-state index is 0.129. The summed E-state index contributed by atoms with van der Waals surface area (Å²) in [4.78, 5) is 80.9. The molecular weight excluding hydrogens is 737 g/mol. The number of likely N-dealkylation sites (tertiary alicyclic amines) is 2. The molecule has 2 saturated heterocycles. The number of H-pyrrole nitrogens is 2. The first-order valence-corrected chi connectivity index (χ1v) is 19.8. The van der Waals surface area contributed by atoms with Gasteiger partial charge in [0, 0.05) is 24.7 Å². The van der Waals surface area contributed by atoms with Gasteiger partial charge in [0.15, 0.2) is 5.82 Å². The van der Waals surface area contributed by atoms with Crippen LogP contribution in [0.4, 0.5) is 9.59 Å². The fraction of sp³-hybridized carbons (Fsp3) is 0.436. The van der Waals surface area contributed by atoms with Crippen molar-refractivity contribution in [2.75, 3.05) is 20.2 Å². The molecule has 2 aliphatic rings. The Morgan fingerprint density at radius 1 is 0.857 bits per heavy atom. The minimum atomic E-state index is -1.23. The molecule has 2 aromatic carbocycles. The first-order chi connectivity index (χ1) is 26.9. The predicted octanol–water partition coefficient (Wildman–Crippen LogP) is 6.26. The lowest BCUT2D eigenvalue weighted by Crippen LogP contribution is -2.51. The summed E-state index contributed by atoms with van der Waals surface area (Å²) in [6.07, 6.45) is 3.09. The highest BCUT2D eigenvalue weighted by molar-refractivity contribution is 7.22. The summed E-state index contributed by atoms with van der Waals surface area (Å²) >= 11 is 1.53. The summed E-state index contributed by atoms with van der Waals surface area (Å²) in [6.45, 7) is 8.51. The van der Waals surface area contributed by atoms with Gasteiger partial charge in [-0.2, -0.15) is 0 Å². The van der Waals surface area contributed by atoms with Crippen LogP contribution < -0.4 is 10.6 Å². The van der Waals surface area contributed by atoms with Crippen LogP contribution in [0, 0.1) is 11.8 Å². The first-order valence-electron chi connectivity index (χ1n) is 18.9. The third-order valence-electron chi connectivity index (χ3n) is 10.9. The highest BCUT2D eigenvalue weighted by Gasteiger charge is 2.39. The van der Waals surface area contributed by atoms with E-state index in [1.165, 1.54) is 18.4 Å². The van der Waals surface area contributed by atoms with Crippen molar-refractivity contribution in [1.82, 2.24) is 50.3 Å². The number of carboxylic acid groups (broad SMARTS) is 1. The zero-order valence-corrected chi connectivity index (χ0v) is 32.6. The number of aromatic amines is 2. The number of amides is 4. The van der Waals surface area contributed by atoms with Crippen LogP contribution in [0.25, 0.3) is 53.8 Å². The Bertz CT molecular complexity index is 2510. The van der Waals surface area contributed by atoms with Gasteiger partial charge < -0.3 is 40.2 Å². The standard InChI is InChI=1S/C39H44N10O6S/c1-18(2)28(46-38(52)53)36(50)48-14-6-8-26(48)33-41-22-11-10-20-16-25(40-17-21(20)30(22)44-33)35-43-24-13-12-23-31(32(24)56-35)45-34(42-23)27-9-7-15-49(27)37(51)29(19(3)4)47-39(54)55-5/h10-13,16-19,26-29,40,46H,6-9,14-15H2,1-5H3,(H,42,45)(H,47,54)(H,52,53)/t26-,27-,28-,29-/m0/s1. The molecule has 17 heteroatoms. The van der Waals surface area contributed by atoms with Crippen molar-refractivity contribution in [2.45, 2.75) is 77.5 Å². The van der Waals surface area contributed by atoms with E-state index >= 15 is 0 Å². The van der Waals surface area contributed by atoms with Gasteiger partial charge in [-0.25, -0.2) is 29.5 Å². The number of carbonyl (C=O) groups is 4. The van der Waals surface area contributed by atoms with Gasteiger partial charge in [0.1, 0.15) is 33.9 Å². The molecule has 2 fully saturated rings. The number of methoxy groups -OCH3 is 1. The van der Waals surface area contributed by atoms with Gasteiger partial charge in [0.2, 0.25) is 11.8 Å². The van der Waals surface area contributed by atoms with Gasteiger partial charge in [-0.05, 0) is 67.2 Å². The molecule has 0 spiro atoms. The molecule has 2 aliphatic heterocycles. The third kappa shape index (κ3) is 6.62. The van der Waals surface area contributed by atoms with Gasteiger partial charge >= 0.3 is 12.2 Å². The lowest BCUT2D eigenvalue weighted by Gasteiger charge is -2.29. The van der Waals surface area contributed by atoms with Crippen LogP contribution in [0.5, 0.6) is 0 Å². The maximum atomic E-state index is 13.7. The van der Waals surface area contributed by atoms with Crippen LogP contribution in [-0.4, -0.2) is 101 Å². The molecule has 4 atom stereocenters. The molecule has 6 heterocycles. The Morgan fingerprint density at radius 2 is 1.54 bits per heavy atom. The SMILES string of the molecule is COC(=O)N[C@H](C(=O)N1CCC[C@H]1c1nc2c(ccc3nc(-c4cc5ccc6nc([C@@H]7CCCN7C(=O)[C@@H](NC(=O)O)C(C)C)nc6c5c[nH]4)sc32)[nH]1)C(C)C. The first kappa shape index (κ1) is 37.1. The topological polar surface area (TPSA) is 211 Å². The number of rotatable bonds is 9. The quantitative estimate of drug-likeness (QED) is 0.111. The molecule has 5 N–H and O–H groups in total. The molecule has 0 saturated carbocycles. The number of ether oxygens (including phenoxy) is 1. The second-order valence-electron chi connectivity index (χ2n) is 15.2. The highest BCUT2D eigenvalue weighted by atomic mass is 32.1. The maximum absolute atomic E-state index is 13.7. The van der Waals surface area contributed by atoms with Crippen molar-refractivity contribution >= 4 is 78.4 Å². The number of fused-ring (bicyclic) bond motifs is 6. The number of imidazole rings is 2. The molecular formula is C39H44N10O6S. The predicted molar refractivity (Wildman–Crippen MR) is 211 cm³/mol. The smallest absolute Gasteiger partial charge is 0.407 e. The van der Waals surface area contributed by atoms with E-state index in [4.69, 9.17) is 24.7 Å². The molecule has 0 bridgehead atoms. The number of pyridine rings is 1. The van der Waals surface area contributed by atoms with Crippen molar-refractivity contribution in [3.63, 3.8) is 0 Å². The number of nitrogens with one attached hydrogen (secondary N) is 4. The van der Waals surface area contributed by atoms with E-state index < -0.39 is 24.3 Å². The number of benzene rings is 2. The van der Waals surface area contributed by atoms with Crippen LogP contribution >= 0.6 is 11.3 Å². The zero-order valence-electron chi connectivity index (χ0n) is 31.8. The molecule has 0 unspecified atom stereocenters. The van der Waals surface area contributed by atoms with E-state index in [2.05, 4.69) is 20.6 Å². The lowest BCUT2D eigenvalue weighted by atomic mass is 10.0. The molecule has 4 amide bonds. The van der Waals surface area contributed by atoms with E-state index in [1.807, 2.05) is 64.2 Å². The number of hydrogen-bond acceptors (Lipinski definition) is 10. The average molecular weight is 781 g/mol. The van der Waals surface area contributed by atoms with Crippen molar-refractivity contribution in [3.05, 3.63) is 48.2 Å². The Balaban J connectivity index is 1.07. The second kappa shape index (κ2) is 14.7. The van der Waals surface area contributed by atoms with Gasteiger partial charge in [0.25, 0.3) is 0 Å². The number of thiazole rings is 1. The van der Waals surface area contributed by atoms with Crippen LogP contribution in [0.15, 0.2) is 36.5 Å². The van der Waals surface area contributed by atoms with E-state index in [9.17, 15) is 24.3 Å². The van der Waals surface area contributed by atoms with Gasteiger partial charge in [-0.15, -0.1) is 11.3 Å². The van der Waals surface area contributed by atoms with Crippen LogP contribution in [0.2, 0.25) is 0 Å². The summed E-state index contributed by atoms with van der Waals surface area (Å²) < 4.78 is 5.70. The normalized spacial score (nSPS) is 18.5. The van der Waals surface area contributed by atoms with Crippen molar-refractivity contribution < 1.29 is 29.0 Å². The molecule has 6 aromatic rings. The molecule has 8 rings (SSSR count). The number of nitrogens with zero attached hydrogens (tertiary/aromatic N) is 6. The molecule has 292 valence electrons.